The lowest BCUT2D eigenvalue weighted by molar-refractivity contribution is 0.0125. The molecule has 120 valence electrons. The Morgan fingerprint density at radius 1 is 1.09 bits per heavy atom. The lowest BCUT2D eigenvalue weighted by Crippen LogP contribution is -2.39. The van der Waals surface area contributed by atoms with Crippen molar-refractivity contribution in [1.82, 2.24) is 9.88 Å². The van der Waals surface area contributed by atoms with Gasteiger partial charge in [0.15, 0.2) is 0 Å². The van der Waals surface area contributed by atoms with Crippen LogP contribution >= 0.6 is 0 Å². The van der Waals surface area contributed by atoms with Crippen molar-refractivity contribution in [3.8, 4) is 0 Å². The van der Waals surface area contributed by atoms with Crippen molar-refractivity contribution in [2.75, 3.05) is 13.1 Å². The maximum Gasteiger partial charge on any atom is 0.0892 e. The van der Waals surface area contributed by atoms with E-state index in [1.165, 1.54) is 58.0 Å². The second-order valence-electron chi connectivity index (χ2n) is 7.46. The van der Waals surface area contributed by atoms with Gasteiger partial charge in [0.05, 0.1) is 18.4 Å². The van der Waals surface area contributed by atoms with E-state index in [0.717, 1.165) is 17.5 Å². The van der Waals surface area contributed by atoms with Gasteiger partial charge in [0.1, 0.15) is 0 Å². The van der Waals surface area contributed by atoms with Gasteiger partial charge in [-0.25, -0.2) is 0 Å². The molecule has 1 saturated heterocycles. The minimum Gasteiger partial charge on any atom is -0.370 e. The van der Waals surface area contributed by atoms with Gasteiger partial charge < -0.3 is 4.74 Å². The second kappa shape index (κ2) is 6.67. The van der Waals surface area contributed by atoms with Gasteiger partial charge in [-0.05, 0) is 49.7 Å². The summed E-state index contributed by atoms with van der Waals surface area (Å²) in [6.07, 6.45) is 12.3. The first-order chi connectivity index (χ1) is 10.9. The molecule has 3 atom stereocenters. The van der Waals surface area contributed by atoms with Gasteiger partial charge in [0, 0.05) is 25.3 Å². The molecule has 22 heavy (non-hydrogen) atoms. The van der Waals surface area contributed by atoms with Crippen LogP contribution in [0.25, 0.3) is 0 Å². The van der Waals surface area contributed by atoms with Crippen LogP contribution in [0.2, 0.25) is 0 Å². The molecule has 1 aliphatic heterocycles. The smallest absolute Gasteiger partial charge is 0.0892 e. The molecule has 3 fully saturated rings. The highest BCUT2D eigenvalue weighted by molar-refractivity contribution is 5.04. The Morgan fingerprint density at radius 3 is 2.82 bits per heavy atom. The number of hydrogen-bond donors (Lipinski definition) is 0. The van der Waals surface area contributed by atoms with Crippen molar-refractivity contribution in [3.05, 3.63) is 30.1 Å². The SMILES string of the molecule is c1ccc(CO[C@H]2[C@H]3CC[C@H]2N(CC2CCCCC2)C3)nc1. The topological polar surface area (TPSA) is 25.4 Å². The number of rotatable bonds is 5. The van der Waals surface area contributed by atoms with E-state index in [4.69, 9.17) is 4.74 Å². The summed E-state index contributed by atoms with van der Waals surface area (Å²) < 4.78 is 6.29. The molecule has 0 radical (unpaired) electrons. The van der Waals surface area contributed by atoms with Crippen molar-refractivity contribution in [2.24, 2.45) is 11.8 Å². The van der Waals surface area contributed by atoms with Gasteiger partial charge in [-0.15, -0.1) is 0 Å². The van der Waals surface area contributed by atoms with Crippen molar-refractivity contribution in [2.45, 2.75) is 63.7 Å². The van der Waals surface area contributed by atoms with Crippen LogP contribution < -0.4 is 0 Å². The Bertz CT molecular complexity index is 472. The van der Waals surface area contributed by atoms with E-state index in [1.807, 2.05) is 18.3 Å². The number of ether oxygens (including phenoxy) is 1. The van der Waals surface area contributed by atoms with Gasteiger partial charge in [-0.2, -0.15) is 0 Å². The first-order valence-electron chi connectivity index (χ1n) is 9.16. The van der Waals surface area contributed by atoms with Crippen molar-refractivity contribution >= 4 is 0 Å². The molecule has 0 N–H and O–H groups in total. The average Bonchev–Trinajstić information content (AvgIpc) is 3.11. The van der Waals surface area contributed by atoms with E-state index in [-0.39, 0.29) is 0 Å². The molecule has 1 aromatic heterocycles. The van der Waals surface area contributed by atoms with Crippen LogP contribution in [0.1, 0.15) is 50.6 Å². The summed E-state index contributed by atoms with van der Waals surface area (Å²) >= 11 is 0. The summed E-state index contributed by atoms with van der Waals surface area (Å²) in [5.74, 6) is 1.71. The van der Waals surface area contributed by atoms with E-state index in [2.05, 4.69) is 16.0 Å². The number of fused-ring (bicyclic) bond motifs is 2. The quantitative estimate of drug-likeness (QED) is 0.830. The third-order valence-corrected chi connectivity index (χ3v) is 5.98. The van der Waals surface area contributed by atoms with Gasteiger partial charge in [0.25, 0.3) is 0 Å². The summed E-state index contributed by atoms with van der Waals surface area (Å²) in [6.45, 7) is 3.27. The van der Waals surface area contributed by atoms with E-state index < -0.39 is 0 Å². The Kier molecular flexibility index (Phi) is 4.44. The molecule has 2 aliphatic carbocycles. The van der Waals surface area contributed by atoms with Crippen LogP contribution in [0.4, 0.5) is 0 Å². The molecule has 0 amide bonds. The van der Waals surface area contributed by atoms with Gasteiger partial charge in [0.2, 0.25) is 0 Å². The number of hydrogen-bond acceptors (Lipinski definition) is 3. The minimum atomic E-state index is 0.450. The third-order valence-electron chi connectivity index (χ3n) is 5.98. The first kappa shape index (κ1) is 14.6. The Hall–Kier alpha value is -0.930. The van der Waals surface area contributed by atoms with Crippen LogP contribution in [0.3, 0.4) is 0 Å². The number of nitrogens with zero attached hydrogens (tertiary/aromatic N) is 2. The number of piperidine rings is 1. The highest BCUT2D eigenvalue weighted by Crippen LogP contribution is 2.41. The molecule has 0 aromatic carbocycles. The maximum atomic E-state index is 6.29. The van der Waals surface area contributed by atoms with Crippen LogP contribution in [-0.2, 0) is 11.3 Å². The molecule has 2 saturated carbocycles. The molecule has 4 rings (SSSR count). The monoisotopic (exact) mass is 300 g/mol. The normalized spacial score (nSPS) is 32.6. The average molecular weight is 300 g/mol. The van der Waals surface area contributed by atoms with Crippen LogP contribution in [0.5, 0.6) is 0 Å². The Labute approximate surface area is 134 Å². The largest absolute Gasteiger partial charge is 0.370 e. The van der Waals surface area contributed by atoms with E-state index in [0.29, 0.717) is 18.8 Å². The number of likely N-dealkylation sites (tertiary alicyclic amines) is 1. The zero-order valence-electron chi connectivity index (χ0n) is 13.5. The first-order valence-corrected chi connectivity index (χ1v) is 9.16. The lowest BCUT2D eigenvalue weighted by Gasteiger charge is -2.32. The predicted octanol–water partition coefficient (Wildman–Crippen LogP) is 3.64. The molecule has 3 nitrogen and oxygen atoms in total. The standard InChI is InChI=1S/C19H28N2O/c1-2-6-15(7-3-1)12-21-13-16-9-10-18(21)19(16)22-14-17-8-4-5-11-20-17/h4-5,8,11,15-16,18-19H,1-3,6-7,9-10,12-14H2/t16-,18+,19-/m0/s1. The summed E-state index contributed by atoms with van der Waals surface area (Å²) in [7, 11) is 0. The molecule has 1 aromatic rings. The molecular weight excluding hydrogens is 272 g/mol. The predicted molar refractivity (Wildman–Crippen MR) is 87.5 cm³/mol. The second-order valence-corrected chi connectivity index (χ2v) is 7.46. The number of pyridine rings is 1. The fraction of sp³-hybridized carbons (Fsp3) is 0.737. The third kappa shape index (κ3) is 3.07. The number of aromatic nitrogens is 1. The van der Waals surface area contributed by atoms with Crippen LogP contribution in [0, 0.1) is 11.8 Å². The fourth-order valence-corrected chi connectivity index (χ4v) is 4.87. The van der Waals surface area contributed by atoms with Gasteiger partial charge in [-0.3, -0.25) is 9.88 Å². The van der Waals surface area contributed by atoms with Crippen molar-refractivity contribution in [3.63, 3.8) is 0 Å². The van der Waals surface area contributed by atoms with Gasteiger partial charge in [-0.1, -0.05) is 25.3 Å². The van der Waals surface area contributed by atoms with Crippen LogP contribution in [-0.4, -0.2) is 35.1 Å². The summed E-state index contributed by atoms with van der Waals surface area (Å²) in [4.78, 5) is 7.14. The summed E-state index contributed by atoms with van der Waals surface area (Å²) in [5.41, 5.74) is 1.06. The van der Waals surface area contributed by atoms with Crippen molar-refractivity contribution in [1.29, 1.82) is 0 Å². The zero-order chi connectivity index (χ0) is 14.8. The van der Waals surface area contributed by atoms with E-state index >= 15 is 0 Å². The molecule has 3 heteroatoms. The van der Waals surface area contributed by atoms with E-state index in [9.17, 15) is 0 Å². The molecule has 0 unspecified atom stereocenters. The molecule has 3 aliphatic rings. The molecule has 2 bridgehead atoms. The molecule has 2 heterocycles. The fourth-order valence-electron chi connectivity index (χ4n) is 4.87. The minimum absolute atomic E-state index is 0.450. The van der Waals surface area contributed by atoms with Gasteiger partial charge >= 0.3 is 0 Å². The Morgan fingerprint density at radius 2 is 2.00 bits per heavy atom. The molecule has 0 spiro atoms. The Balaban J connectivity index is 1.32. The van der Waals surface area contributed by atoms with Crippen molar-refractivity contribution < 1.29 is 4.74 Å². The van der Waals surface area contributed by atoms with Crippen LogP contribution in [0.15, 0.2) is 24.4 Å². The highest BCUT2D eigenvalue weighted by Gasteiger charge is 2.47. The summed E-state index contributed by atoms with van der Waals surface area (Å²) in [5, 5.41) is 0. The summed E-state index contributed by atoms with van der Waals surface area (Å²) in [6, 6.07) is 6.76. The maximum absolute atomic E-state index is 6.29. The zero-order valence-corrected chi connectivity index (χ0v) is 13.5. The molecular formula is C19H28N2O. The lowest BCUT2D eigenvalue weighted by atomic mass is 9.88. The van der Waals surface area contributed by atoms with E-state index in [1.54, 1.807) is 0 Å². The highest BCUT2D eigenvalue weighted by atomic mass is 16.5.